The van der Waals surface area contributed by atoms with E-state index in [1.54, 1.807) is 0 Å². The van der Waals surface area contributed by atoms with E-state index in [9.17, 15) is 0 Å². The molecule has 112 valence electrons. The number of thioether (sulfide) groups is 1. The monoisotopic (exact) mass is 363 g/mol. The van der Waals surface area contributed by atoms with Gasteiger partial charge in [0.15, 0.2) is 0 Å². The lowest BCUT2D eigenvalue weighted by atomic mass is 10.0. The molecule has 21 heavy (non-hydrogen) atoms. The minimum Gasteiger partial charge on any atom is -0.326 e. The van der Waals surface area contributed by atoms with E-state index >= 15 is 0 Å². The number of hydrogen-bond donors (Lipinski definition) is 1. The van der Waals surface area contributed by atoms with Gasteiger partial charge >= 0.3 is 0 Å². The lowest BCUT2D eigenvalue weighted by molar-refractivity contribution is 0.634. The van der Waals surface area contributed by atoms with Gasteiger partial charge in [-0.2, -0.15) is 0 Å². The molecule has 0 aliphatic rings. The molecule has 0 aromatic heterocycles. The van der Waals surface area contributed by atoms with Crippen molar-refractivity contribution in [2.45, 2.75) is 43.4 Å². The zero-order valence-electron chi connectivity index (χ0n) is 12.8. The van der Waals surface area contributed by atoms with Crippen molar-refractivity contribution in [3.05, 3.63) is 63.6 Å². The number of nitrogens with two attached hydrogens (primary N) is 1. The van der Waals surface area contributed by atoms with Crippen LogP contribution in [0.5, 0.6) is 0 Å². The average molecular weight is 364 g/mol. The number of halogens is 1. The molecular formula is C18H22BrNS. The van der Waals surface area contributed by atoms with Crippen LogP contribution in [0, 0.1) is 13.8 Å². The standard InChI is InChI=1S/C18H22BrNS/c1-4-17(20)18(14-6-5-7-15(19)11-14)21-16-9-8-12(2)13(3)10-16/h5-11,17-18H,4,20H2,1-3H3. The highest BCUT2D eigenvalue weighted by Crippen LogP contribution is 2.39. The van der Waals surface area contributed by atoms with Crippen LogP contribution in [0.15, 0.2) is 51.8 Å². The molecule has 0 aliphatic carbocycles. The molecule has 3 heteroatoms. The summed E-state index contributed by atoms with van der Waals surface area (Å²) >= 11 is 5.42. The Morgan fingerprint density at radius 1 is 1.10 bits per heavy atom. The highest BCUT2D eigenvalue weighted by molar-refractivity contribution is 9.10. The Balaban J connectivity index is 2.30. The van der Waals surface area contributed by atoms with Gasteiger partial charge in [0.05, 0.1) is 0 Å². The van der Waals surface area contributed by atoms with Crippen LogP contribution in [0.3, 0.4) is 0 Å². The molecular weight excluding hydrogens is 342 g/mol. The topological polar surface area (TPSA) is 26.0 Å². The summed E-state index contributed by atoms with van der Waals surface area (Å²) in [5, 5.41) is 0.273. The summed E-state index contributed by atoms with van der Waals surface area (Å²) in [5.74, 6) is 0. The second-order valence-electron chi connectivity index (χ2n) is 5.41. The Kier molecular flexibility index (Phi) is 5.91. The van der Waals surface area contributed by atoms with Crippen molar-refractivity contribution >= 4 is 27.7 Å². The Labute approximate surface area is 140 Å². The number of aryl methyl sites for hydroxylation is 2. The van der Waals surface area contributed by atoms with Crippen molar-refractivity contribution in [1.82, 2.24) is 0 Å². The van der Waals surface area contributed by atoms with Crippen molar-refractivity contribution in [2.24, 2.45) is 5.73 Å². The lowest BCUT2D eigenvalue weighted by Crippen LogP contribution is -2.25. The summed E-state index contributed by atoms with van der Waals surface area (Å²) in [7, 11) is 0. The molecule has 2 aromatic rings. The third kappa shape index (κ3) is 4.35. The van der Waals surface area contributed by atoms with E-state index in [4.69, 9.17) is 5.73 Å². The third-order valence-electron chi connectivity index (χ3n) is 3.78. The molecule has 0 spiro atoms. The smallest absolute Gasteiger partial charge is 0.0495 e. The zero-order valence-corrected chi connectivity index (χ0v) is 15.2. The Morgan fingerprint density at radius 3 is 2.48 bits per heavy atom. The van der Waals surface area contributed by atoms with Gasteiger partial charge < -0.3 is 5.73 Å². The quantitative estimate of drug-likeness (QED) is 0.695. The minimum absolute atomic E-state index is 0.144. The Morgan fingerprint density at radius 2 is 1.86 bits per heavy atom. The molecule has 0 fully saturated rings. The first-order valence-corrected chi connectivity index (χ1v) is 8.93. The first-order valence-electron chi connectivity index (χ1n) is 7.26. The van der Waals surface area contributed by atoms with Crippen molar-refractivity contribution < 1.29 is 0 Å². The predicted molar refractivity (Wildman–Crippen MR) is 96.9 cm³/mol. The van der Waals surface area contributed by atoms with Crippen LogP contribution in [-0.2, 0) is 0 Å². The molecule has 2 aromatic carbocycles. The molecule has 0 radical (unpaired) electrons. The summed E-state index contributed by atoms with van der Waals surface area (Å²) in [4.78, 5) is 1.28. The molecule has 2 unspecified atom stereocenters. The fraction of sp³-hybridized carbons (Fsp3) is 0.333. The molecule has 2 N–H and O–H groups in total. The maximum atomic E-state index is 6.38. The van der Waals surface area contributed by atoms with Gasteiger partial charge in [0.1, 0.15) is 0 Å². The molecule has 0 bridgehead atoms. The minimum atomic E-state index is 0.144. The first-order chi connectivity index (χ1) is 10.0. The fourth-order valence-corrected chi connectivity index (χ4v) is 3.99. The highest BCUT2D eigenvalue weighted by atomic mass is 79.9. The highest BCUT2D eigenvalue weighted by Gasteiger charge is 2.20. The molecule has 2 atom stereocenters. The first kappa shape index (κ1) is 16.6. The van der Waals surface area contributed by atoms with Crippen molar-refractivity contribution in [3.63, 3.8) is 0 Å². The van der Waals surface area contributed by atoms with Gasteiger partial charge in [0.2, 0.25) is 0 Å². The van der Waals surface area contributed by atoms with Gasteiger partial charge in [-0.05, 0) is 61.2 Å². The largest absolute Gasteiger partial charge is 0.326 e. The van der Waals surface area contributed by atoms with Crippen LogP contribution in [0.1, 0.15) is 35.3 Å². The zero-order chi connectivity index (χ0) is 15.4. The van der Waals surface area contributed by atoms with Crippen molar-refractivity contribution in [3.8, 4) is 0 Å². The van der Waals surface area contributed by atoms with Crippen LogP contribution in [0.25, 0.3) is 0 Å². The molecule has 2 rings (SSSR count). The van der Waals surface area contributed by atoms with Crippen molar-refractivity contribution in [2.75, 3.05) is 0 Å². The summed E-state index contributed by atoms with van der Waals surface area (Å²) in [5.41, 5.74) is 10.3. The fourth-order valence-electron chi connectivity index (χ4n) is 2.23. The van der Waals surface area contributed by atoms with Gasteiger partial charge in [0.25, 0.3) is 0 Å². The van der Waals surface area contributed by atoms with E-state index in [-0.39, 0.29) is 11.3 Å². The van der Waals surface area contributed by atoms with Gasteiger partial charge in [-0.15, -0.1) is 11.8 Å². The van der Waals surface area contributed by atoms with Crippen LogP contribution >= 0.6 is 27.7 Å². The average Bonchev–Trinajstić information content (AvgIpc) is 2.47. The summed E-state index contributed by atoms with van der Waals surface area (Å²) in [6.07, 6.45) is 0.967. The van der Waals surface area contributed by atoms with Gasteiger partial charge in [-0.25, -0.2) is 0 Å². The maximum absolute atomic E-state index is 6.38. The summed E-state index contributed by atoms with van der Waals surface area (Å²) in [6, 6.07) is 15.3. The van der Waals surface area contributed by atoms with Crippen LogP contribution in [-0.4, -0.2) is 6.04 Å². The molecule has 0 aliphatic heterocycles. The van der Waals surface area contributed by atoms with Crippen LogP contribution in [0.2, 0.25) is 0 Å². The van der Waals surface area contributed by atoms with E-state index in [2.05, 4.69) is 79.2 Å². The van der Waals surface area contributed by atoms with Crippen LogP contribution < -0.4 is 5.73 Å². The Bertz CT molecular complexity index is 612. The molecule has 0 amide bonds. The van der Waals surface area contributed by atoms with E-state index in [0.717, 1.165) is 10.9 Å². The summed E-state index contributed by atoms with van der Waals surface area (Å²) < 4.78 is 1.11. The number of rotatable bonds is 5. The van der Waals surface area contributed by atoms with Crippen LogP contribution in [0.4, 0.5) is 0 Å². The third-order valence-corrected chi connectivity index (χ3v) is 5.67. The van der Waals surface area contributed by atoms with E-state index in [0.29, 0.717) is 0 Å². The van der Waals surface area contributed by atoms with Gasteiger partial charge in [-0.1, -0.05) is 41.1 Å². The van der Waals surface area contributed by atoms with Gasteiger partial charge in [-0.3, -0.25) is 0 Å². The lowest BCUT2D eigenvalue weighted by Gasteiger charge is -2.23. The molecule has 1 nitrogen and oxygen atoms in total. The normalized spacial score (nSPS) is 14.0. The van der Waals surface area contributed by atoms with E-state index in [1.165, 1.54) is 21.6 Å². The van der Waals surface area contributed by atoms with E-state index < -0.39 is 0 Å². The SMILES string of the molecule is CCC(N)C(Sc1ccc(C)c(C)c1)c1cccc(Br)c1. The van der Waals surface area contributed by atoms with E-state index in [1.807, 2.05) is 11.8 Å². The van der Waals surface area contributed by atoms with Crippen molar-refractivity contribution in [1.29, 1.82) is 0 Å². The summed E-state index contributed by atoms with van der Waals surface area (Å²) in [6.45, 7) is 6.46. The molecule has 0 saturated carbocycles. The second-order valence-corrected chi connectivity index (χ2v) is 7.54. The molecule has 0 saturated heterocycles. The second kappa shape index (κ2) is 7.48. The maximum Gasteiger partial charge on any atom is 0.0495 e. The number of hydrogen-bond acceptors (Lipinski definition) is 2. The molecule has 0 heterocycles. The Hall–Kier alpha value is -0.770. The van der Waals surface area contributed by atoms with Gasteiger partial charge in [0, 0.05) is 20.7 Å². The number of benzene rings is 2. The predicted octanol–water partition coefficient (Wildman–Crippen LogP) is 5.64.